The maximum Gasteiger partial charge on any atom is 0.331 e. The third-order valence-electron chi connectivity index (χ3n) is 3.14. The molecule has 92 valence electrons. The molecule has 16 heavy (non-hydrogen) atoms. The van der Waals surface area contributed by atoms with Gasteiger partial charge in [-0.25, -0.2) is 4.79 Å². The molecule has 0 bridgehead atoms. The van der Waals surface area contributed by atoms with Crippen molar-refractivity contribution in [2.45, 2.75) is 44.8 Å². The quantitative estimate of drug-likeness (QED) is 0.676. The van der Waals surface area contributed by atoms with Gasteiger partial charge in [-0.05, 0) is 25.7 Å². The number of aliphatic carboxylic acids is 1. The highest BCUT2D eigenvalue weighted by atomic mass is 16.5. The van der Waals surface area contributed by atoms with Crippen LogP contribution < -0.4 is 5.32 Å². The van der Waals surface area contributed by atoms with Crippen LogP contribution in [-0.4, -0.2) is 36.9 Å². The third-order valence-corrected chi connectivity index (χ3v) is 3.14. The maximum absolute atomic E-state index is 10.8. The second-order valence-electron chi connectivity index (χ2n) is 4.11. The van der Waals surface area contributed by atoms with Crippen LogP contribution in [0, 0.1) is 0 Å². The lowest BCUT2D eigenvalue weighted by molar-refractivity contribution is -0.132. The van der Waals surface area contributed by atoms with Gasteiger partial charge in [0.2, 0.25) is 0 Å². The summed E-state index contributed by atoms with van der Waals surface area (Å²) in [6, 6.07) is 0.369. The van der Waals surface area contributed by atoms with E-state index in [-0.39, 0.29) is 6.10 Å². The van der Waals surface area contributed by atoms with Gasteiger partial charge in [-0.2, -0.15) is 0 Å². The first kappa shape index (κ1) is 13.2. The molecule has 2 N–H and O–H groups in total. The molecule has 0 spiro atoms. The monoisotopic (exact) mass is 227 g/mol. The molecule has 1 rings (SSSR count). The van der Waals surface area contributed by atoms with E-state index in [0.29, 0.717) is 24.6 Å². The Kier molecular flexibility index (Phi) is 5.49. The Balaban J connectivity index is 2.36. The van der Waals surface area contributed by atoms with E-state index < -0.39 is 5.97 Å². The normalized spacial score (nSPS) is 26.0. The van der Waals surface area contributed by atoms with Crippen molar-refractivity contribution in [2.75, 3.05) is 13.7 Å². The van der Waals surface area contributed by atoms with E-state index in [4.69, 9.17) is 9.84 Å². The van der Waals surface area contributed by atoms with E-state index in [9.17, 15) is 4.79 Å². The fraction of sp³-hybridized carbons (Fsp3) is 0.750. The molecular formula is C12H21NO3. The molecule has 1 aliphatic rings. The van der Waals surface area contributed by atoms with Crippen molar-refractivity contribution < 1.29 is 14.6 Å². The van der Waals surface area contributed by atoms with Crippen LogP contribution in [0.4, 0.5) is 0 Å². The van der Waals surface area contributed by atoms with Gasteiger partial charge in [0.15, 0.2) is 0 Å². The minimum Gasteiger partial charge on any atom is -0.478 e. The molecule has 2 unspecified atom stereocenters. The first-order valence-corrected chi connectivity index (χ1v) is 5.87. The lowest BCUT2D eigenvalue weighted by atomic mass is 10.2. The maximum atomic E-state index is 10.8. The predicted octanol–water partition coefficient (Wildman–Crippen LogP) is 1.56. The molecule has 1 aliphatic carbocycles. The summed E-state index contributed by atoms with van der Waals surface area (Å²) in [7, 11) is 1.73. The van der Waals surface area contributed by atoms with E-state index in [1.54, 1.807) is 13.2 Å². The number of rotatable bonds is 6. The van der Waals surface area contributed by atoms with Gasteiger partial charge >= 0.3 is 5.97 Å². The number of methoxy groups -OCH3 is 1. The molecule has 0 heterocycles. The molecule has 0 amide bonds. The highest BCUT2D eigenvalue weighted by Gasteiger charge is 2.25. The number of carboxylic acid groups (broad SMARTS) is 1. The number of ether oxygens (including phenoxy) is 1. The first-order chi connectivity index (χ1) is 7.69. The van der Waals surface area contributed by atoms with Crippen molar-refractivity contribution in [2.24, 2.45) is 0 Å². The fourth-order valence-corrected chi connectivity index (χ4v) is 2.16. The summed E-state index contributed by atoms with van der Waals surface area (Å²) in [4.78, 5) is 10.8. The van der Waals surface area contributed by atoms with Gasteiger partial charge < -0.3 is 15.2 Å². The van der Waals surface area contributed by atoms with Crippen molar-refractivity contribution in [3.63, 3.8) is 0 Å². The van der Waals surface area contributed by atoms with E-state index in [0.717, 1.165) is 12.8 Å². The fourth-order valence-electron chi connectivity index (χ4n) is 2.16. The standard InChI is InChI=1S/C12H21NO3/c1-3-9(12(14)15)7-8-13-10-5-4-6-11(10)16-2/h7,10-11,13H,3-6,8H2,1-2H3,(H,14,15). The molecule has 2 atom stereocenters. The van der Waals surface area contributed by atoms with Crippen molar-refractivity contribution in [1.29, 1.82) is 0 Å². The minimum atomic E-state index is -0.820. The third kappa shape index (κ3) is 3.61. The van der Waals surface area contributed by atoms with Crippen molar-refractivity contribution >= 4 is 5.97 Å². The van der Waals surface area contributed by atoms with Crippen molar-refractivity contribution in [3.8, 4) is 0 Å². The van der Waals surface area contributed by atoms with Crippen LogP contribution in [0.3, 0.4) is 0 Å². The van der Waals surface area contributed by atoms with Gasteiger partial charge in [0, 0.05) is 25.3 Å². The Morgan fingerprint density at radius 2 is 2.31 bits per heavy atom. The summed E-state index contributed by atoms with van der Waals surface area (Å²) in [6.45, 7) is 2.47. The Bertz CT molecular complexity index is 263. The molecule has 4 heteroatoms. The van der Waals surface area contributed by atoms with Crippen LogP contribution in [0.1, 0.15) is 32.6 Å². The molecule has 0 radical (unpaired) electrons. The SMILES string of the molecule is CCC(=CCNC1CCCC1OC)C(=O)O. The number of hydrogen-bond donors (Lipinski definition) is 2. The number of carbonyl (C=O) groups is 1. The molecule has 0 aliphatic heterocycles. The Morgan fingerprint density at radius 3 is 2.88 bits per heavy atom. The molecule has 0 aromatic rings. The summed E-state index contributed by atoms with van der Waals surface area (Å²) in [5.74, 6) is -0.820. The average Bonchev–Trinajstić information content (AvgIpc) is 2.71. The topological polar surface area (TPSA) is 58.6 Å². The summed E-state index contributed by atoms with van der Waals surface area (Å²) >= 11 is 0. The largest absolute Gasteiger partial charge is 0.478 e. The van der Waals surface area contributed by atoms with E-state index in [1.807, 2.05) is 6.92 Å². The second-order valence-corrected chi connectivity index (χ2v) is 4.11. The Labute approximate surface area is 96.7 Å². The Morgan fingerprint density at radius 1 is 1.56 bits per heavy atom. The summed E-state index contributed by atoms with van der Waals surface area (Å²) in [5, 5.41) is 12.2. The van der Waals surface area contributed by atoms with E-state index in [2.05, 4.69) is 5.32 Å². The number of carboxylic acids is 1. The zero-order valence-electron chi connectivity index (χ0n) is 10.0. The highest BCUT2D eigenvalue weighted by Crippen LogP contribution is 2.21. The van der Waals surface area contributed by atoms with Gasteiger partial charge in [-0.3, -0.25) is 0 Å². The van der Waals surface area contributed by atoms with Gasteiger partial charge in [-0.1, -0.05) is 13.0 Å². The molecule has 1 fully saturated rings. The highest BCUT2D eigenvalue weighted by molar-refractivity contribution is 5.86. The summed E-state index contributed by atoms with van der Waals surface area (Å²) < 4.78 is 5.36. The zero-order chi connectivity index (χ0) is 12.0. The zero-order valence-corrected chi connectivity index (χ0v) is 10.0. The number of hydrogen-bond acceptors (Lipinski definition) is 3. The van der Waals surface area contributed by atoms with Gasteiger partial charge in [0.05, 0.1) is 6.10 Å². The molecule has 0 saturated heterocycles. The van der Waals surface area contributed by atoms with Gasteiger partial charge in [0.25, 0.3) is 0 Å². The van der Waals surface area contributed by atoms with Crippen LogP contribution in [0.2, 0.25) is 0 Å². The first-order valence-electron chi connectivity index (χ1n) is 5.87. The lowest BCUT2D eigenvalue weighted by Crippen LogP contribution is -2.36. The van der Waals surface area contributed by atoms with Crippen LogP contribution in [0.5, 0.6) is 0 Å². The molecule has 1 saturated carbocycles. The van der Waals surface area contributed by atoms with Crippen LogP contribution in [-0.2, 0) is 9.53 Å². The second kappa shape index (κ2) is 6.66. The predicted molar refractivity (Wildman–Crippen MR) is 62.4 cm³/mol. The van der Waals surface area contributed by atoms with Crippen LogP contribution in [0.15, 0.2) is 11.6 Å². The van der Waals surface area contributed by atoms with Crippen molar-refractivity contribution in [1.82, 2.24) is 5.32 Å². The number of nitrogens with one attached hydrogen (secondary N) is 1. The molecular weight excluding hydrogens is 206 g/mol. The van der Waals surface area contributed by atoms with Crippen LogP contribution in [0.25, 0.3) is 0 Å². The molecule has 4 nitrogen and oxygen atoms in total. The van der Waals surface area contributed by atoms with E-state index in [1.165, 1.54) is 6.42 Å². The lowest BCUT2D eigenvalue weighted by Gasteiger charge is -2.18. The molecule has 0 aromatic heterocycles. The van der Waals surface area contributed by atoms with E-state index >= 15 is 0 Å². The smallest absolute Gasteiger partial charge is 0.331 e. The Hall–Kier alpha value is -0.870. The van der Waals surface area contributed by atoms with Gasteiger partial charge in [0.1, 0.15) is 0 Å². The average molecular weight is 227 g/mol. The van der Waals surface area contributed by atoms with Crippen molar-refractivity contribution in [3.05, 3.63) is 11.6 Å². The summed E-state index contributed by atoms with van der Waals surface area (Å²) in [5.41, 5.74) is 0.472. The minimum absolute atomic E-state index is 0.281. The van der Waals surface area contributed by atoms with Gasteiger partial charge in [-0.15, -0.1) is 0 Å². The summed E-state index contributed by atoms with van der Waals surface area (Å²) in [6.07, 6.45) is 5.99. The molecule has 0 aromatic carbocycles. The van der Waals surface area contributed by atoms with Crippen LogP contribution >= 0.6 is 0 Å².